The minimum absolute atomic E-state index is 0.0266. The summed E-state index contributed by atoms with van der Waals surface area (Å²) in [5.41, 5.74) is 4.17. The molecule has 3 heteroatoms. The van der Waals surface area contributed by atoms with Crippen molar-refractivity contribution in [2.45, 2.75) is 32.7 Å². The van der Waals surface area contributed by atoms with Gasteiger partial charge >= 0.3 is 0 Å². The van der Waals surface area contributed by atoms with Gasteiger partial charge in [0.1, 0.15) is 5.75 Å². The third-order valence-corrected chi connectivity index (χ3v) is 3.59. The molecule has 2 aromatic rings. The lowest BCUT2D eigenvalue weighted by molar-refractivity contribution is 0.288. The quantitative estimate of drug-likeness (QED) is 0.756. The number of hydrogen-bond donors (Lipinski definition) is 3. The van der Waals surface area contributed by atoms with Gasteiger partial charge in [-0.1, -0.05) is 24.3 Å². The molecule has 0 aliphatic heterocycles. The summed E-state index contributed by atoms with van der Waals surface area (Å²) in [4.78, 5) is 0. The molecule has 0 aliphatic rings. The second kappa shape index (κ2) is 7.14. The van der Waals surface area contributed by atoms with Crippen molar-refractivity contribution < 1.29 is 10.2 Å². The molecule has 0 amide bonds. The van der Waals surface area contributed by atoms with Crippen molar-refractivity contribution in [3.8, 4) is 5.75 Å². The summed E-state index contributed by atoms with van der Waals surface area (Å²) in [6.07, 6.45) is 1.65. The highest BCUT2D eigenvalue weighted by Crippen LogP contribution is 2.28. The number of phenolic OH excluding ortho intramolecular Hbond substituents is 1. The molecule has 0 saturated carbocycles. The van der Waals surface area contributed by atoms with E-state index < -0.39 is 0 Å². The molecule has 0 aliphatic carbocycles. The summed E-state index contributed by atoms with van der Waals surface area (Å²) in [6, 6.07) is 14.0. The zero-order valence-corrected chi connectivity index (χ0v) is 12.6. The average molecular weight is 285 g/mol. The van der Waals surface area contributed by atoms with Crippen LogP contribution >= 0.6 is 0 Å². The first kappa shape index (κ1) is 15.4. The Bertz CT molecular complexity index is 596. The SMILES string of the molecule is Cc1ccc(C(C)Nc2cccc(CCCO)c2)c(O)c1. The number of aliphatic hydroxyl groups excluding tert-OH is 1. The number of nitrogens with one attached hydrogen (secondary N) is 1. The van der Waals surface area contributed by atoms with E-state index in [-0.39, 0.29) is 12.6 Å². The Morgan fingerprint density at radius 3 is 2.67 bits per heavy atom. The standard InChI is InChI=1S/C18H23NO2/c1-13-8-9-17(18(21)11-13)14(2)19-16-7-3-5-15(12-16)6-4-10-20/h3,5,7-9,11-12,14,19-21H,4,6,10H2,1-2H3. The summed E-state index contributed by atoms with van der Waals surface area (Å²) in [5, 5.41) is 22.4. The highest BCUT2D eigenvalue weighted by Gasteiger charge is 2.10. The predicted molar refractivity (Wildman–Crippen MR) is 86.7 cm³/mol. The van der Waals surface area contributed by atoms with E-state index in [9.17, 15) is 5.11 Å². The Balaban J connectivity index is 2.10. The average Bonchev–Trinajstić information content (AvgIpc) is 2.45. The van der Waals surface area contributed by atoms with Crippen molar-refractivity contribution in [2.75, 3.05) is 11.9 Å². The van der Waals surface area contributed by atoms with Gasteiger partial charge in [-0.05, 0) is 56.0 Å². The number of benzene rings is 2. The summed E-state index contributed by atoms with van der Waals surface area (Å²) in [5.74, 6) is 0.325. The zero-order valence-electron chi connectivity index (χ0n) is 12.6. The van der Waals surface area contributed by atoms with Crippen LogP contribution in [0.25, 0.3) is 0 Å². The van der Waals surface area contributed by atoms with Crippen molar-refractivity contribution in [3.05, 3.63) is 59.2 Å². The van der Waals surface area contributed by atoms with Crippen molar-refractivity contribution in [3.63, 3.8) is 0 Å². The third-order valence-electron chi connectivity index (χ3n) is 3.59. The Labute approximate surface area is 126 Å². The van der Waals surface area contributed by atoms with Gasteiger partial charge < -0.3 is 15.5 Å². The van der Waals surface area contributed by atoms with E-state index in [1.54, 1.807) is 6.07 Å². The maximum Gasteiger partial charge on any atom is 0.121 e. The number of aryl methyl sites for hydroxylation is 2. The van der Waals surface area contributed by atoms with E-state index in [2.05, 4.69) is 17.4 Å². The molecular formula is C18H23NO2. The smallest absolute Gasteiger partial charge is 0.121 e. The molecule has 0 bridgehead atoms. The van der Waals surface area contributed by atoms with Crippen LogP contribution in [0.1, 0.15) is 36.1 Å². The molecule has 1 atom stereocenters. The highest BCUT2D eigenvalue weighted by atomic mass is 16.3. The molecule has 0 heterocycles. The summed E-state index contributed by atoms with van der Waals surface area (Å²) in [7, 11) is 0. The van der Waals surface area contributed by atoms with Gasteiger partial charge in [0.25, 0.3) is 0 Å². The fourth-order valence-electron chi connectivity index (χ4n) is 2.45. The molecule has 112 valence electrons. The molecule has 0 saturated heterocycles. The van der Waals surface area contributed by atoms with E-state index in [1.807, 2.05) is 38.1 Å². The van der Waals surface area contributed by atoms with Gasteiger partial charge in [-0.15, -0.1) is 0 Å². The molecule has 0 fully saturated rings. The topological polar surface area (TPSA) is 52.5 Å². The van der Waals surface area contributed by atoms with Crippen LogP contribution in [0.4, 0.5) is 5.69 Å². The molecule has 2 rings (SSSR count). The fraction of sp³-hybridized carbons (Fsp3) is 0.333. The highest BCUT2D eigenvalue weighted by molar-refractivity contribution is 5.49. The van der Waals surface area contributed by atoms with Gasteiger partial charge in [-0.2, -0.15) is 0 Å². The van der Waals surface area contributed by atoms with Gasteiger partial charge in [0.15, 0.2) is 0 Å². The molecule has 0 radical (unpaired) electrons. The molecule has 21 heavy (non-hydrogen) atoms. The van der Waals surface area contributed by atoms with Crippen LogP contribution in [0.3, 0.4) is 0 Å². The van der Waals surface area contributed by atoms with Crippen molar-refractivity contribution in [2.24, 2.45) is 0 Å². The Morgan fingerprint density at radius 1 is 1.14 bits per heavy atom. The number of aliphatic hydroxyl groups is 1. The number of hydrogen-bond acceptors (Lipinski definition) is 3. The van der Waals surface area contributed by atoms with E-state index in [0.717, 1.165) is 29.7 Å². The van der Waals surface area contributed by atoms with Crippen LogP contribution in [-0.4, -0.2) is 16.8 Å². The van der Waals surface area contributed by atoms with Crippen LogP contribution in [0.15, 0.2) is 42.5 Å². The molecule has 2 aromatic carbocycles. The molecule has 1 unspecified atom stereocenters. The van der Waals surface area contributed by atoms with Crippen molar-refractivity contribution in [1.29, 1.82) is 0 Å². The monoisotopic (exact) mass is 285 g/mol. The summed E-state index contributed by atoms with van der Waals surface area (Å²) >= 11 is 0. The lowest BCUT2D eigenvalue weighted by Gasteiger charge is -2.18. The predicted octanol–water partition coefficient (Wildman–Crippen LogP) is 3.80. The molecule has 0 aromatic heterocycles. The van der Waals surface area contributed by atoms with E-state index in [4.69, 9.17) is 5.11 Å². The zero-order chi connectivity index (χ0) is 15.2. The molecule has 3 N–H and O–H groups in total. The second-order valence-electron chi connectivity index (χ2n) is 5.46. The Morgan fingerprint density at radius 2 is 1.95 bits per heavy atom. The first-order valence-corrected chi connectivity index (χ1v) is 7.36. The Hall–Kier alpha value is -2.00. The van der Waals surface area contributed by atoms with Crippen molar-refractivity contribution in [1.82, 2.24) is 0 Å². The van der Waals surface area contributed by atoms with Crippen LogP contribution in [0.2, 0.25) is 0 Å². The van der Waals surface area contributed by atoms with E-state index in [1.165, 1.54) is 5.56 Å². The maximum absolute atomic E-state index is 10.0. The normalized spacial score (nSPS) is 12.1. The van der Waals surface area contributed by atoms with Gasteiger partial charge in [-0.3, -0.25) is 0 Å². The van der Waals surface area contributed by atoms with Crippen molar-refractivity contribution >= 4 is 5.69 Å². The number of phenols is 1. The van der Waals surface area contributed by atoms with Crippen LogP contribution in [0, 0.1) is 6.92 Å². The van der Waals surface area contributed by atoms with E-state index >= 15 is 0 Å². The molecule has 3 nitrogen and oxygen atoms in total. The lowest BCUT2D eigenvalue weighted by Crippen LogP contribution is -2.07. The number of rotatable bonds is 6. The molecular weight excluding hydrogens is 262 g/mol. The van der Waals surface area contributed by atoms with Crippen LogP contribution < -0.4 is 5.32 Å². The first-order chi connectivity index (χ1) is 10.1. The van der Waals surface area contributed by atoms with Gasteiger partial charge in [0, 0.05) is 17.9 Å². The summed E-state index contributed by atoms with van der Waals surface area (Å²) in [6.45, 7) is 4.21. The van der Waals surface area contributed by atoms with Crippen LogP contribution in [0.5, 0.6) is 5.75 Å². The fourth-order valence-corrected chi connectivity index (χ4v) is 2.45. The van der Waals surface area contributed by atoms with Gasteiger partial charge in [-0.25, -0.2) is 0 Å². The minimum Gasteiger partial charge on any atom is -0.508 e. The third kappa shape index (κ3) is 4.23. The van der Waals surface area contributed by atoms with Crippen LogP contribution in [-0.2, 0) is 6.42 Å². The summed E-state index contributed by atoms with van der Waals surface area (Å²) < 4.78 is 0. The Kier molecular flexibility index (Phi) is 5.23. The number of anilines is 1. The molecule has 0 spiro atoms. The van der Waals surface area contributed by atoms with E-state index in [0.29, 0.717) is 5.75 Å². The van der Waals surface area contributed by atoms with Gasteiger partial charge in [0.05, 0.1) is 6.04 Å². The lowest BCUT2D eigenvalue weighted by atomic mass is 10.0. The first-order valence-electron chi connectivity index (χ1n) is 7.36. The van der Waals surface area contributed by atoms with Gasteiger partial charge in [0.2, 0.25) is 0 Å². The number of aromatic hydroxyl groups is 1. The minimum atomic E-state index is 0.0266. The second-order valence-corrected chi connectivity index (χ2v) is 5.46. The largest absolute Gasteiger partial charge is 0.508 e. The maximum atomic E-state index is 10.0.